The Morgan fingerprint density at radius 2 is 2.09 bits per heavy atom. The van der Waals surface area contributed by atoms with Crippen LogP contribution in [0, 0.1) is 24.7 Å². The molecule has 4 heteroatoms. The molecule has 4 nitrogen and oxygen atoms in total. The number of aromatic nitrogens is 1. The number of hydrogen-bond donors (Lipinski definition) is 0. The Balaban J connectivity index is 1.44. The van der Waals surface area contributed by atoms with E-state index in [2.05, 4.69) is 35.3 Å². The first-order valence-electron chi connectivity index (χ1n) is 8.46. The number of oxazole rings is 1. The molecule has 4 rings (SSSR count). The van der Waals surface area contributed by atoms with Gasteiger partial charge >= 0.3 is 0 Å². The molecule has 1 aromatic carbocycles. The van der Waals surface area contributed by atoms with Gasteiger partial charge in [-0.05, 0) is 42.6 Å². The van der Waals surface area contributed by atoms with Crippen molar-refractivity contribution in [3.05, 3.63) is 53.7 Å². The van der Waals surface area contributed by atoms with Gasteiger partial charge < -0.3 is 9.32 Å². The molecule has 0 unspecified atom stereocenters. The van der Waals surface area contributed by atoms with Gasteiger partial charge in [0.25, 0.3) is 5.91 Å². The van der Waals surface area contributed by atoms with Crippen LogP contribution in [0.2, 0.25) is 0 Å². The molecule has 1 aliphatic carbocycles. The summed E-state index contributed by atoms with van der Waals surface area (Å²) in [5, 5.41) is 0. The summed E-state index contributed by atoms with van der Waals surface area (Å²) in [6.45, 7) is 3.51. The Morgan fingerprint density at radius 3 is 2.83 bits per heavy atom. The first kappa shape index (κ1) is 14.5. The molecule has 2 aliphatic rings. The average Bonchev–Trinajstić information content (AvgIpc) is 3.25. The van der Waals surface area contributed by atoms with Gasteiger partial charge in [0.15, 0.2) is 11.6 Å². The van der Waals surface area contributed by atoms with E-state index in [1.165, 1.54) is 24.7 Å². The number of likely N-dealkylation sites (tertiary alicyclic amines) is 1. The summed E-state index contributed by atoms with van der Waals surface area (Å²) >= 11 is 0. The van der Waals surface area contributed by atoms with Crippen LogP contribution < -0.4 is 0 Å². The standard InChI is InChI=1S/C19H22N2O2/c1-13-20-18(12-23-13)19(22)21-10-16-8-7-15(17(16)11-21)9-14-5-3-2-4-6-14/h2-6,12,15-17H,7-11H2,1H3/t15-,16-,17-/m1/s1. The molecule has 1 saturated carbocycles. The van der Waals surface area contributed by atoms with E-state index in [1.807, 2.05) is 4.90 Å². The molecular formula is C19H22N2O2. The van der Waals surface area contributed by atoms with Gasteiger partial charge in [-0.2, -0.15) is 0 Å². The molecule has 120 valence electrons. The van der Waals surface area contributed by atoms with Gasteiger partial charge in [-0.1, -0.05) is 30.3 Å². The monoisotopic (exact) mass is 310 g/mol. The normalized spacial score (nSPS) is 26.5. The summed E-state index contributed by atoms with van der Waals surface area (Å²) in [5.41, 5.74) is 1.86. The third-order valence-electron chi connectivity index (χ3n) is 5.47. The number of benzene rings is 1. The summed E-state index contributed by atoms with van der Waals surface area (Å²) in [6.07, 6.45) is 5.14. The molecule has 1 amide bonds. The van der Waals surface area contributed by atoms with E-state index in [9.17, 15) is 4.79 Å². The van der Waals surface area contributed by atoms with Crippen LogP contribution in [0.5, 0.6) is 0 Å². The van der Waals surface area contributed by atoms with Crippen molar-refractivity contribution >= 4 is 5.91 Å². The minimum absolute atomic E-state index is 0.0229. The molecule has 2 fully saturated rings. The van der Waals surface area contributed by atoms with Gasteiger partial charge in [0, 0.05) is 20.0 Å². The zero-order valence-electron chi connectivity index (χ0n) is 13.4. The van der Waals surface area contributed by atoms with Gasteiger partial charge in [-0.15, -0.1) is 0 Å². The average molecular weight is 310 g/mol. The second kappa shape index (κ2) is 5.84. The Morgan fingerprint density at radius 1 is 1.26 bits per heavy atom. The summed E-state index contributed by atoms with van der Waals surface area (Å²) < 4.78 is 5.18. The molecule has 23 heavy (non-hydrogen) atoms. The minimum atomic E-state index is 0.0229. The topological polar surface area (TPSA) is 46.3 Å². The molecule has 2 aromatic rings. The van der Waals surface area contributed by atoms with E-state index in [4.69, 9.17) is 4.42 Å². The Labute approximate surface area is 136 Å². The van der Waals surface area contributed by atoms with Gasteiger partial charge in [-0.25, -0.2) is 4.98 Å². The first-order chi connectivity index (χ1) is 11.2. The lowest BCUT2D eigenvalue weighted by Gasteiger charge is -2.20. The maximum atomic E-state index is 12.6. The summed E-state index contributed by atoms with van der Waals surface area (Å²) in [4.78, 5) is 18.7. The fourth-order valence-electron chi connectivity index (χ4n) is 4.34. The van der Waals surface area contributed by atoms with Crippen molar-refractivity contribution in [3.8, 4) is 0 Å². The smallest absolute Gasteiger partial charge is 0.275 e. The fourth-order valence-corrected chi connectivity index (χ4v) is 4.34. The molecule has 0 N–H and O–H groups in total. The number of hydrogen-bond acceptors (Lipinski definition) is 3. The number of rotatable bonds is 3. The van der Waals surface area contributed by atoms with E-state index >= 15 is 0 Å². The van der Waals surface area contributed by atoms with E-state index < -0.39 is 0 Å². The number of aryl methyl sites for hydroxylation is 1. The summed E-state index contributed by atoms with van der Waals surface area (Å²) in [6, 6.07) is 10.7. The number of fused-ring (bicyclic) bond motifs is 1. The Kier molecular flexibility index (Phi) is 3.68. The van der Waals surface area contributed by atoms with Crippen LogP contribution in [-0.2, 0) is 6.42 Å². The predicted octanol–water partition coefficient (Wildman–Crippen LogP) is 3.32. The van der Waals surface area contributed by atoms with Gasteiger partial charge in [0.1, 0.15) is 6.26 Å². The van der Waals surface area contributed by atoms with Gasteiger partial charge in [-0.3, -0.25) is 4.79 Å². The van der Waals surface area contributed by atoms with Crippen LogP contribution in [0.1, 0.15) is 34.8 Å². The molecule has 0 radical (unpaired) electrons. The molecule has 1 saturated heterocycles. The molecule has 3 atom stereocenters. The van der Waals surface area contributed by atoms with Crippen molar-refractivity contribution in [3.63, 3.8) is 0 Å². The van der Waals surface area contributed by atoms with Crippen molar-refractivity contribution in [1.82, 2.24) is 9.88 Å². The van der Waals surface area contributed by atoms with E-state index in [0.717, 1.165) is 19.5 Å². The predicted molar refractivity (Wildman–Crippen MR) is 87.0 cm³/mol. The van der Waals surface area contributed by atoms with Crippen LogP contribution in [0.3, 0.4) is 0 Å². The quantitative estimate of drug-likeness (QED) is 0.873. The second-order valence-corrected chi connectivity index (χ2v) is 6.91. The lowest BCUT2D eigenvalue weighted by Crippen LogP contribution is -2.30. The highest BCUT2D eigenvalue weighted by molar-refractivity contribution is 5.92. The number of carbonyl (C=O) groups is 1. The molecule has 1 aliphatic heterocycles. The van der Waals surface area contributed by atoms with Crippen molar-refractivity contribution in [2.75, 3.05) is 13.1 Å². The molecular weight excluding hydrogens is 288 g/mol. The molecule has 0 bridgehead atoms. The van der Waals surface area contributed by atoms with Crippen molar-refractivity contribution in [2.24, 2.45) is 17.8 Å². The second-order valence-electron chi connectivity index (χ2n) is 6.91. The van der Waals surface area contributed by atoms with Crippen molar-refractivity contribution in [2.45, 2.75) is 26.2 Å². The van der Waals surface area contributed by atoms with Crippen LogP contribution in [0.25, 0.3) is 0 Å². The van der Waals surface area contributed by atoms with E-state index in [-0.39, 0.29) is 5.91 Å². The lowest BCUT2D eigenvalue weighted by molar-refractivity contribution is 0.0770. The zero-order valence-corrected chi connectivity index (χ0v) is 13.4. The van der Waals surface area contributed by atoms with Gasteiger partial charge in [0.2, 0.25) is 0 Å². The Hall–Kier alpha value is -2.10. The number of carbonyl (C=O) groups excluding carboxylic acids is 1. The molecule has 1 aromatic heterocycles. The first-order valence-corrected chi connectivity index (χ1v) is 8.46. The highest BCUT2D eigenvalue weighted by Crippen LogP contribution is 2.43. The van der Waals surface area contributed by atoms with Crippen molar-refractivity contribution in [1.29, 1.82) is 0 Å². The van der Waals surface area contributed by atoms with E-state index in [1.54, 1.807) is 6.92 Å². The lowest BCUT2D eigenvalue weighted by atomic mass is 9.87. The fraction of sp³-hybridized carbons (Fsp3) is 0.474. The number of amides is 1. The van der Waals surface area contributed by atoms with Crippen LogP contribution in [0.15, 0.2) is 41.0 Å². The zero-order chi connectivity index (χ0) is 15.8. The van der Waals surface area contributed by atoms with E-state index in [0.29, 0.717) is 29.3 Å². The maximum absolute atomic E-state index is 12.6. The van der Waals surface area contributed by atoms with Crippen LogP contribution in [-0.4, -0.2) is 28.9 Å². The third kappa shape index (κ3) is 2.78. The van der Waals surface area contributed by atoms with Gasteiger partial charge in [0.05, 0.1) is 0 Å². The Bertz CT molecular complexity index is 694. The molecule has 0 spiro atoms. The SMILES string of the molecule is Cc1nc(C(=O)N2C[C@H]3CC[C@H](Cc4ccccc4)[C@H]3C2)co1. The van der Waals surface area contributed by atoms with Crippen LogP contribution in [0.4, 0.5) is 0 Å². The van der Waals surface area contributed by atoms with Crippen molar-refractivity contribution < 1.29 is 9.21 Å². The summed E-state index contributed by atoms with van der Waals surface area (Å²) in [5.74, 6) is 2.55. The maximum Gasteiger partial charge on any atom is 0.275 e. The summed E-state index contributed by atoms with van der Waals surface area (Å²) in [7, 11) is 0. The highest BCUT2D eigenvalue weighted by Gasteiger charge is 2.44. The highest BCUT2D eigenvalue weighted by atomic mass is 16.3. The molecule has 2 heterocycles. The largest absolute Gasteiger partial charge is 0.448 e. The minimum Gasteiger partial charge on any atom is -0.448 e. The third-order valence-corrected chi connectivity index (χ3v) is 5.47. The van der Waals surface area contributed by atoms with Crippen LogP contribution >= 0.6 is 0 Å². The number of nitrogens with zero attached hydrogens (tertiary/aromatic N) is 2.